The largest absolute Gasteiger partial charge is 0.507 e. The molecular formula is C27H25N3O7. The summed E-state index contributed by atoms with van der Waals surface area (Å²) in [4.78, 5) is 43.8. The van der Waals surface area contributed by atoms with E-state index >= 15 is 0 Å². The smallest absolute Gasteiger partial charge is 0.337 e. The van der Waals surface area contributed by atoms with Crippen molar-refractivity contribution in [3.63, 3.8) is 0 Å². The summed E-state index contributed by atoms with van der Waals surface area (Å²) in [7, 11) is 1.29. The van der Waals surface area contributed by atoms with Crippen LogP contribution in [0.5, 0.6) is 11.5 Å². The molecule has 2 aromatic carbocycles. The average Bonchev–Trinajstić information content (AvgIpc) is 3.54. The molecule has 1 amide bonds. The topological polar surface area (TPSA) is 120 Å². The number of aliphatic hydroxyl groups excluding tert-OH is 1. The molecule has 1 fully saturated rings. The lowest BCUT2D eigenvalue weighted by Gasteiger charge is -2.25. The number of ketones is 1. The molecule has 10 heteroatoms. The number of imidazole rings is 1. The third-order valence-electron chi connectivity index (χ3n) is 6.38. The molecule has 2 aliphatic heterocycles. The Kier molecular flexibility index (Phi) is 6.63. The van der Waals surface area contributed by atoms with E-state index in [0.717, 1.165) is 0 Å². The lowest BCUT2D eigenvalue weighted by Crippen LogP contribution is -2.31. The Bertz CT molecular complexity index is 1360. The first-order chi connectivity index (χ1) is 18.0. The van der Waals surface area contributed by atoms with Gasteiger partial charge in [0.25, 0.3) is 11.7 Å². The zero-order valence-electron chi connectivity index (χ0n) is 20.1. The van der Waals surface area contributed by atoms with Crippen molar-refractivity contribution < 1.29 is 33.7 Å². The molecule has 0 aliphatic carbocycles. The number of methoxy groups -OCH3 is 1. The van der Waals surface area contributed by atoms with Gasteiger partial charge in [0.05, 0.1) is 30.6 Å². The molecule has 1 unspecified atom stereocenters. The number of aryl methyl sites for hydroxylation is 1. The zero-order valence-corrected chi connectivity index (χ0v) is 20.1. The number of hydrogen-bond acceptors (Lipinski definition) is 8. The molecule has 1 atom stereocenters. The van der Waals surface area contributed by atoms with Crippen LogP contribution in [0.15, 0.2) is 66.8 Å². The highest BCUT2D eigenvalue weighted by molar-refractivity contribution is 6.46. The molecule has 37 heavy (non-hydrogen) atoms. The molecule has 1 aromatic heterocycles. The van der Waals surface area contributed by atoms with Crippen molar-refractivity contribution in [1.29, 1.82) is 0 Å². The minimum atomic E-state index is -0.845. The van der Waals surface area contributed by atoms with Crippen molar-refractivity contribution in [3.05, 3.63) is 83.4 Å². The quantitative estimate of drug-likeness (QED) is 0.226. The van der Waals surface area contributed by atoms with E-state index in [2.05, 4.69) is 4.98 Å². The van der Waals surface area contributed by atoms with Crippen LogP contribution in [-0.2, 0) is 20.9 Å². The van der Waals surface area contributed by atoms with E-state index in [1.807, 2.05) is 10.8 Å². The van der Waals surface area contributed by atoms with Gasteiger partial charge in [0.15, 0.2) is 11.5 Å². The molecule has 3 aromatic rings. The highest BCUT2D eigenvalue weighted by Gasteiger charge is 2.45. The molecule has 5 rings (SSSR count). The summed E-state index contributed by atoms with van der Waals surface area (Å²) in [5, 5.41) is 11.3. The monoisotopic (exact) mass is 503 g/mol. The average molecular weight is 504 g/mol. The minimum Gasteiger partial charge on any atom is -0.507 e. The van der Waals surface area contributed by atoms with Crippen LogP contribution < -0.4 is 9.47 Å². The van der Waals surface area contributed by atoms with Gasteiger partial charge in [-0.2, -0.15) is 0 Å². The predicted molar refractivity (Wildman–Crippen MR) is 131 cm³/mol. The van der Waals surface area contributed by atoms with Crippen molar-refractivity contribution in [2.24, 2.45) is 0 Å². The summed E-state index contributed by atoms with van der Waals surface area (Å²) >= 11 is 0. The van der Waals surface area contributed by atoms with Crippen LogP contribution in [0, 0.1) is 0 Å². The molecule has 0 radical (unpaired) electrons. The molecular weight excluding hydrogens is 478 g/mol. The molecule has 2 aliphatic rings. The normalized spacial score (nSPS) is 18.2. The molecule has 0 spiro atoms. The summed E-state index contributed by atoms with van der Waals surface area (Å²) < 4.78 is 17.8. The van der Waals surface area contributed by atoms with Gasteiger partial charge in [-0.1, -0.05) is 12.1 Å². The molecule has 1 saturated heterocycles. The molecule has 0 saturated carbocycles. The molecule has 190 valence electrons. The van der Waals surface area contributed by atoms with Crippen LogP contribution in [0.3, 0.4) is 0 Å². The number of likely N-dealkylation sites (tertiary alicyclic amines) is 1. The van der Waals surface area contributed by atoms with E-state index in [1.165, 1.54) is 12.0 Å². The lowest BCUT2D eigenvalue weighted by molar-refractivity contribution is -0.139. The van der Waals surface area contributed by atoms with Crippen molar-refractivity contribution in [2.45, 2.75) is 19.0 Å². The number of fused-ring (bicyclic) bond motifs is 1. The number of hydrogen-bond donors (Lipinski definition) is 1. The predicted octanol–water partition coefficient (Wildman–Crippen LogP) is 2.95. The summed E-state index contributed by atoms with van der Waals surface area (Å²) in [5.41, 5.74) is 1.20. The Morgan fingerprint density at radius 2 is 1.78 bits per heavy atom. The molecule has 10 nitrogen and oxygen atoms in total. The standard InChI is InChI=1S/C27H25N3O7/c1-35-27(34)18-5-3-17(4-6-18)23-22(24(31)19-7-8-20-21(15-19)37-14-13-36-20)25(32)26(33)30(23)11-2-10-29-12-9-28-16-29/h3-9,12,15-16,23,31H,2,10-11,13-14H2,1H3. The summed E-state index contributed by atoms with van der Waals surface area (Å²) in [6, 6.07) is 10.5. The van der Waals surface area contributed by atoms with Crippen LogP contribution in [0.4, 0.5) is 0 Å². The van der Waals surface area contributed by atoms with Gasteiger partial charge in [0.1, 0.15) is 19.0 Å². The van der Waals surface area contributed by atoms with Gasteiger partial charge in [-0.3, -0.25) is 9.59 Å². The van der Waals surface area contributed by atoms with E-state index in [9.17, 15) is 19.5 Å². The fourth-order valence-corrected chi connectivity index (χ4v) is 4.57. The fourth-order valence-electron chi connectivity index (χ4n) is 4.57. The SMILES string of the molecule is COC(=O)c1ccc(C2C(=C(O)c3ccc4c(c3)OCCO4)C(=O)C(=O)N2CCCn2ccnc2)cc1. The molecule has 1 N–H and O–H groups in total. The number of Topliss-reactive ketones (excluding diaryl/α,β-unsaturated/α-hetero) is 1. The van der Waals surface area contributed by atoms with Crippen LogP contribution in [0.25, 0.3) is 5.76 Å². The second kappa shape index (κ2) is 10.2. The van der Waals surface area contributed by atoms with Gasteiger partial charge in [-0.05, 0) is 42.3 Å². The van der Waals surface area contributed by atoms with Gasteiger partial charge in [-0.25, -0.2) is 9.78 Å². The van der Waals surface area contributed by atoms with E-state index in [1.54, 1.807) is 55.0 Å². The number of amides is 1. The number of nitrogens with zero attached hydrogens (tertiary/aromatic N) is 3. The van der Waals surface area contributed by atoms with Crippen LogP contribution >= 0.6 is 0 Å². The number of rotatable bonds is 7. The summed E-state index contributed by atoms with van der Waals surface area (Å²) in [6.07, 6.45) is 5.73. The van der Waals surface area contributed by atoms with Crippen LogP contribution in [0.1, 0.15) is 33.9 Å². The lowest BCUT2D eigenvalue weighted by atomic mass is 9.94. The number of carbonyl (C=O) groups excluding carboxylic acids is 3. The minimum absolute atomic E-state index is 0.0323. The zero-order chi connectivity index (χ0) is 25.9. The van der Waals surface area contributed by atoms with E-state index < -0.39 is 23.7 Å². The first kappa shape index (κ1) is 24.1. The van der Waals surface area contributed by atoms with Crippen LogP contribution in [-0.4, -0.2) is 64.1 Å². The van der Waals surface area contributed by atoms with Crippen molar-refractivity contribution in [1.82, 2.24) is 14.5 Å². The molecule has 0 bridgehead atoms. The highest BCUT2D eigenvalue weighted by atomic mass is 16.6. The number of esters is 1. The molecule has 3 heterocycles. The summed E-state index contributed by atoms with van der Waals surface area (Å²) in [5.74, 6) is -1.31. The summed E-state index contributed by atoms with van der Waals surface area (Å²) in [6.45, 7) is 1.65. The van der Waals surface area contributed by atoms with Crippen molar-refractivity contribution in [2.75, 3.05) is 26.9 Å². The highest BCUT2D eigenvalue weighted by Crippen LogP contribution is 2.41. The Morgan fingerprint density at radius 3 is 2.49 bits per heavy atom. The maximum Gasteiger partial charge on any atom is 0.337 e. The number of benzene rings is 2. The van der Waals surface area contributed by atoms with Crippen LogP contribution in [0.2, 0.25) is 0 Å². The Morgan fingerprint density at radius 1 is 1.05 bits per heavy atom. The first-order valence-corrected chi connectivity index (χ1v) is 11.8. The Hall–Kier alpha value is -4.60. The van der Waals surface area contributed by atoms with E-state index in [0.29, 0.717) is 54.4 Å². The number of aromatic nitrogens is 2. The first-order valence-electron chi connectivity index (χ1n) is 11.8. The van der Waals surface area contributed by atoms with Gasteiger partial charge in [0, 0.05) is 31.0 Å². The number of aliphatic hydroxyl groups is 1. The van der Waals surface area contributed by atoms with Crippen molar-refractivity contribution in [3.8, 4) is 11.5 Å². The third kappa shape index (κ3) is 4.65. The maximum absolute atomic E-state index is 13.3. The second-order valence-electron chi connectivity index (χ2n) is 8.62. The number of carbonyl (C=O) groups is 3. The van der Waals surface area contributed by atoms with Gasteiger partial charge < -0.3 is 28.8 Å². The second-order valence-corrected chi connectivity index (χ2v) is 8.62. The van der Waals surface area contributed by atoms with Gasteiger partial charge in [0.2, 0.25) is 0 Å². The van der Waals surface area contributed by atoms with E-state index in [-0.39, 0.29) is 17.9 Å². The Balaban J connectivity index is 1.53. The Labute approximate surface area is 212 Å². The maximum atomic E-state index is 13.3. The van der Waals surface area contributed by atoms with E-state index in [4.69, 9.17) is 14.2 Å². The van der Waals surface area contributed by atoms with Gasteiger partial charge in [-0.15, -0.1) is 0 Å². The van der Waals surface area contributed by atoms with Crippen molar-refractivity contribution >= 4 is 23.4 Å². The third-order valence-corrected chi connectivity index (χ3v) is 6.38. The number of ether oxygens (including phenoxy) is 3. The van der Waals surface area contributed by atoms with Gasteiger partial charge >= 0.3 is 5.97 Å². The fraction of sp³-hybridized carbons (Fsp3) is 0.259.